The molecule has 8 nitrogen and oxygen atoms in total. The summed E-state index contributed by atoms with van der Waals surface area (Å²) in [6, 6.07) is 11.3. The third-order valence-corrected chi connectivity index (χ3v) is 5.87. The second kappa shape index (κ2) is 11.8. The number of methoxy groups -OCH3 is 2. The summed E-state index contributed by atoms with van der Waals surface area (Å²) in [5.41, 5.74) is 1.14. The summed E-state index contributed by atoms with van der Waals surface area (Å²) in [7, 11) is 6.97. The minimum Gasteiger partial charge on any atom is -0.507 e. The Bertz CT molecular complexity index is 1080. The SMILES string of the molecule is CCCOc1ccc(C(O)=C2C(=O)C(=O)N(CCCN(C)C)[C@H]2c2ccc(OC)c(OC)c2)cc1. The zero-order chi connectivity index (χ0) is 25.5. The van der Waals surface area contributed by atoms with Crippen molar-refractivity contribution in [1.29, 1.82) is 0 Å². The second-order valence-electron chi connectivity index (χ2n) is 8.64. The predicted octanol–water partition coefficient (Wildman–Crippen LogP) is 3.87. The van der Waals surface area contributed by atoms with Gasteiger partial charge in [0.2, 0.25) is 0 Å². The van der Waals surface area contributed by atoms with Crippen LogP contribution in [0.2, 0.25) is 0 Å². The first-order valence-corrected chi connectivity index (χ1v) is 11.7. The maximum Gasteiger partial charge on any atom is 0.295 e. The third kappa shape index (κ3) is 5.77. The highest BCUT2D eigenvalue weighted by molar-refractivity contribution is 6.46. The van der Waals surface area contributed by atoms with Crippen LogP contribution in [-0.2, 0) is 9.59 Å². The molecule has 1 fully saturated rings. The number of aliphatic hydroxyl groups is 1. The molecule has 0 radical (unpaired) electrons. The molecule has 1 aliphatic rings. The van der Waals surface area contributed by atoms with Gasteiger partial charge in [-0.3, -0.25) is 9.59 Å². The lowest BCUT2D eigenvalue weighted by Gasteiger charge is -2.26. The molecule has 0 bridgehead atoms. The van der Waals surface area contributed by atoms with E-state index in [4.69, 9.17) is 14.2 Å². The Morgan fingerprint density at radius 1 is 1.03 bits per heavy atom. The van der Waals surface area contributed by atoms with E-state index in [9.17, 15) is 14.7 Å². The van der Waals surface area contributed by atoms with Crippen LogP contribution in [0.3, 0.4) is 0 Å². The number of aliphatic hydroxyl groups excluding tert-OH is 1. The lowest BCUT2D eigenvalue weighted by atomic mass is 9.95. The van der Waals surface area contributed by atoms with E-state index in [1.54, 1.807) is 49.6 Å². The molecule has 1 heterocycles. The number of likely N-dealkylation sites (tertiary alicyclic amines) is 1. The van der Waals surface area contributed by atoms with Crippen molar-refractivity contribution in [3.63, 3.8) is 0 Å². The Balaban J connectivity index is 2.08. The molecule has 0 unspecified atom stereocenters. The zero-order valence-electron chi connectivity index (χ0n) is 21.0. The Morgan fingerprint density at radius 2 is 1.71 bits per heavy atom. The van der Waals surface area contributed by atoms with Gasteiger partial charge in [-0.2, -0.15) is 0 Å². The number of hydrogen-bond donors (Lipinski definition) is 1. The first-order valence-electron chi connectivity index (χ1n) is 11.7. The van der Waals surface area contributed by atoms with Crippen LogP contribution in [0.4, 0.5) is 0 Å². The zero-order valence-corrected chi connectivity index (χ0v) is 21.0. The fourth-order valence-electron chi connectivity index (χ4n) is 4.12. The van der Waals surface area contributed by atoms with E-state index in [1.807, 2.05) is 25.9 Å². The summed E-state index contributed by atoms with van der Waals surface area (Å²) in [6.45, 7) is 3.72. The summed E-state index contributed by atoms with van der Waals surface area (Å²) in [5.74, 6) is 0.112. The summed E-state index contributed by atoms with van der Waals surface area (Å²) < 4.78 is 16.4. The van der Waals surface area contributed by atoms with Crippen LogP contribution in [0, 0.1) is 0 Å². The van der Waals surface area contributed by atoms with Crippen LogP contribution in [-0.4, -0.2) is 74.6 Å². The van der Waals surface area contributed by atoms with Gasteiger partial charge in [0.25, 0.3) is 11.7 Å². The van der Waals surface area contributed by atoms with Crippen molar-refractivity contribution in [2.24, 2.45) is 0 Å². The van der Waals surface area contributed by atoms with Gasteiger partial charge < -0.3 is 29.1 Å². The number of rotatable bonds is 11. The average molecular weight is 483 g/mol. The van der Waals surface area contributed by atoms with Gasteiger partial charge in [-0.25, -0.2) is 0 Å². The van der Waals surface area contributed by atoms with Gasteiger partial charge in [0.1, 0.15) is 11.5 Å². The summed E-state index contributed by atoms with van der Waals surface area (Å²) in [5, 5.41) is 11.2. The first kappa shape index (κ1) is 26.1. The van der Waals surface area contributed by atoms with E-state index in [2.05, 4.69) is 0 Å². The molecule has 188 valence electrons. The van der Waals surface area contributed by atoms with E-state index in [-0.39, 0.29) is 11.3 Å². The molecule has 0 aliphatic carbocycles. The molecule has 1 aliphatic heterocycles. The molecule has 8 heteroatoms. The summed E-state index contributed by atoms with van der Waals surface area (Å²) in [4.78, 5) is 29.8. The molecule has 1 amide bonds. The van der Waals surface area contributed by atoms with Crippen molar-refractivity contribution < 1.29 is 28.9 Å². The molecule has 0 aromatic heterocycles. The highest BCUT2D eigenvalue weighted by Crippen LogP contribution is 2.42. The van der Waals surface area contributed by atoms with Crippen molar-refractivity contribution in [2.75, 3.05) is 48.0 Å². The van der Waals surface area contributed by atoms with Crippen LogP contribution in [0.15, 0.2) is 48.0 Å². The largest absolute Gasteiger partial charge is 0.507 e. The minimum atomic E-state index is -0.756. The van der Waals surface area contributed by atoms with Gasteiger partial charge >= 0.3 is 0 Å². The van der Waals surface area contributed by atoms with Crippen molar-refractivity contribution >= 4 is 17.4 Å². The summed E-state index contributed by atoms with van der Waals surface area (Å²) >= 11 is 0. The van der Waals surface area contributed by atoms with E-state index in [0.717, 1.165) is 13.0 Å². The molecule has 2 aromatic rings. The van der Waals surface area contributed by atoms with Crippen LogP contribution >= 0.6 is 0 Å². The van der Waals surface area contributed by atoms with Gasteiger partial charge in [-0.05, 0) is 75.4 Å². The number of Topliss-reactive ketones (excluding diaryl/α,β-unsaturated/α-hetero) is 1. The van der Waals surface area contributed by atoms with Crippen molar-refractivity contribution in [3.8, 4) is 17.2 Å². The van der Waals surface area contributed by atoms with Gasteiger partial charge in [0.15, 0.2) is 11.5 Å². The Kier molecular flexibility index (Phi) is 8.76. The first-order chi connectivity index (χ1) is 16.8. The normalized spacial score (nSPS) is 17.2. The topological polar surface area (TPSA) is 88.5 Å². The molecule has 0 spiro atoms. The molecule has 2 aromatic carbocycles. The van der Waals surface area contributed by atoms with Crippen LogP contribution < -0.4 is 14.2 Å². The van der Waals surface area contributed by atoms with Gasteiger partial charge in [-0.1, -0.05) is 13.0 Å². The maximum atomic E-state index is 13.2. The molecule has 1 N–H and O–H groups in total. The molecular formula is C27H34N2O6. The highest BCUT2D eigenvalue weighted by Gasteiger charge is 2.46. The number of carbonyl (C=O) groups excluding carboxylic acids is 2. The Morgan fingerprint density at radius 3 is 2.31 bits per heavy atom. The van der Waals surface area contributed by atoms with Gasteiger partial charge in [-0.15, -0.1) is 0 Å². The van der Waals surface area contributed by atoms with Gasteiger partial charge in [0.05, 0.1) is 32.4 Å². The van der Waals surface area contributed by atoms with Crippen molar-refractivity contribution in [3.05, 3.63) is 59.2 Å². The fraction of sp³-hybridized carbons (Fsp3) is 0.407. The number of hydrogen-bond acceptors (Lipinski definition) is 7. The second-order valence-corrected chi connectivity index (χ2v) is 8.64. The monoisotopic (exact) mass is 482 g/mol. The van der Waals surface area contributed by atoms with Crippen LogP contribution in [0.1, 0.15) is 36.9 Å². The number of ketones is 1. The number of ether oxygens (including phenoxy) is 3. The Hall–Kier alpha value is -3.52. The molecule has 1 saturated heterocycles. The number of nitrogens with zero attached hydrogens (tertiary/aromatic N) is 2. The third-order valence-electron chi connectivity index (χ3n) is 5.87. The molecule has 1 atom stereocenters. The smallest absolute Gasteiger partial charge is 0.295 e. The molecule has 3 rings (SSSR count). The number of benzene rings is 2. The number of carbonyl (C=O) groups is 2. The average Bonchev–Trinajstić information content (AvgIpc) is 3.11. The van der Waals surface area contributed by atoms with E-state index < -0.39 is 17.7 Å². The van der Waals surface area contributed by atoms with E-state index in [1.165, 1.54) is 12.0 Å². The molecule has 0 saturated carbocycles. The number of amides is 1. The van der Waals surface area contributed by atoms with E-state index >= 15 is 0 Å². The highest BCUT2D eigenvalue weighted by atomic mass is 16.5. The lowest BCUT2D eigenvalue weighted by molar-refractivity contribution is -0.139. The van der Waals surface area contributed by atoms with Crippen molar-refractivity contribution in [2.45, 2.75) is 25.8 Å². The summed E-state index contributed by atoms with van der Waals surface area (Å²) in [6.07, 6.45) is 1.55. The lowest BCUT2D eigenvalue weighted by Crippen LogP contribution is -2.32. The maximum absolute atomic E-state index is 13.2. The van der Waals surface area contributed by atoms with E-state index in [0.29, 0.717) is 47.9 Å². The standard InChI is InChI=1S/C27H34N2O6/c1-6-16-35-20-11-8-18(9-12-20)25(30)23-24(19-10-13-21(33-4)22(17-19)34-5)29(27(32)26(23)31)15-7-14-28(2)3/h8-13,17,24,30H,6-7,14-16H2,1-5H3/t24-/m0/s1. The molecular weight excluding hydrogens is 448 g/mol. The minimum absolute atomic E-state index is 0.0503. The molecule has 35 heavy (non-hydrogen) atoms. The van der Waals surface area contributed by atoms with Crippen LogP contribution in [0.5, 0.6) is 17.2 Å². The van der Waals surface area contributed by atoms with Gasteiger partial charge in [0, 0.05) is 12.1 Å². The van der Waals surface area contributed by atoms with Crippen molar-refractivity contribution in [1.82, 2.24) is 9.80 Å². The van der Waals surface area contributed by atoms with Crippen LogP contribution in [0.25, 0.3) is 5.76 Å². The predicted molar refractivity (Wildman–Crippen MR) is 134 cm³/mol. The quantitative estimate of drug-likeness (QED) is 0.296. The fourth-order valence-corrected chi connectivity index (χ4v) is 4.12. The Labute approximate surface area is 206 Å².